The van der Waals surface area contributed by atoms with Crippen molar-refractivity contribution in [2.75, 3.05) is 25.6 Å². The fourth-order valence-electron chi connectivity index (χ4n) is 1.81. The molecule has 2 N–H and O–H groups in total. The maximum Gasteiger partial charge on any atom is 0.226 e. The van der Waals surface area contributed by atoms with Gasteiger partial charge in [-0.25, -0.2) is 15.0 Å². The molecule has 0 aliphatic rings. The number of hydrogen-bond acceptors (Lipinski definition) is 6. The first kappa shape index (κ1) is 12.5. The van der Waals surface area contributed by atoms with Crippen molar-refractivity contribution in [3.8, 4) is 5.88 Å². The highest BCUT2D eigenvalue weighted by atomic mass is 16.5. The second-order valence-corrected chi connectivity index (χ2v) is 3.94. The van der Waals surface area contributed by atoms with E-state index in [1.54, 1.807) is 7.11 Å². The molecule has 0 amide bonds. The first-order valence-corrected chi connectivity index (χ1v) is 5.70. The van der Waals surface area contributed by atoms with Gasteiger partial charge in [0.2, 0.25) is 5.88 Å². The van der Waals surface area contributed by atoms with E-state index in [4.69, 9.17) is 9.84 Å². The van der Waals surface area contributed by atoms with Crippen LogP contribution in [0.5, 0.6) is 5.88 Å². The van der Waals surface area contributed by atoms with Crippen LogP contribution in [0.3, 0.4) is 0 Å². The van der Waals surface area contributed by atoms with Crippen LogP contribution >= 0.6 is 0 Å². The van der Waals surface area contributed by atoms with E-state index in [0.717, 1.165) is 16.6 Å². The van der Waals surface area contributed by atoms with Crippen molar-refractivity contribution in [2.24, 2.45) is 0 Å². The van der Waals surface area contributed by atoms with Crippen LogP contribution in [0.15, 0.2) is 6.07 Å². The lowest BCUT2D eigenvalue weighted by atomic mass is 10.2. The molecule has 0 atom stereocenters. The van der Waals surface area contributed by atoms with E-state index in [1.165, 1.54) is 0 Å². The Morgan fingerprint density at radius 3 is 2.72 bits per heavy atom. The lowest BCUT2D eigenvalue weighted by Crippen LogP contribution is -2.09. The molecular weight excluding hydrogens is 232 g/mol. The van der Waals surface area contributed by atoms with Gasteiger partial charge in [-0.05, 0) is 19.9 Å². The second kappa shape index (κ2) is 5.14. The standard InChI is InChI=1S/C12H16N4O2/c1-7-6-9-10(12(14-7)18-3)11(13-4-5-17)16-8(2)15-9/h6,17H,4-5H2,1-3H3,(H,13,15,16). The number of aliphatic hydroxyl groups is 1. The Labute approximate surface area is 105 Å². The number of methoxy groups -OCH3 is 1. The van der Waals surface area contributed by atoms with Gasteiger partial charge >= 0.3 is 0 Å². The van der Waals surface area contributed by atoms with Gasteiger partial charge in [0.1, 0.15) is 17.0 Å². The predicted molar refractivity (Wildman–Crippen MR) is 68.9 cm³/mol. The second-order valence-electron chi connectivity index (χ2n) is 3.94. The van der Waals surface area contributed by atoms with Crippen LogP contribution in [0.1, 0.15) is 11.5 Å². The number of rotatable bonds is 4. The van der Waals surface area contributed by atoms with Crippen LogP contribution in [0, 0.1) is 13.8 Å². The molecule has 0 radical (unpaired) electrons. The smallest absolute Gasteiger partial charge is 0.226 e. The number of ether oxygens (including phenoxy) is 1. The van der Waals surface area contributed by atoms with Crippen molar-refractivity contribution in [2.45, 2.75) is 13.8 Å². The van der Waals surface area contributed by atoms with E-state index in [-0.39, 0.29) is 6.61 Å². The molecule has 6 nitrogen and oxygen atoms in total. The highest BCUT2D eigenvalue weighted by Crippen LogP contribution is 2.28. The van der Waals surface area contributed by atoms with Crippen molar-refractivity contribution < 1.29 is 9.84 Å². The zero-order valence-electron chi connectivity index (χ0n) is 10.7. The molecule has 0 saturated carbocycles. The number of nitrogens with one attached hydrogen (secondary N) is 1. The van der Waals surface area contributed by atoms with Crippen LogP contribution < -0.4 is 10.1 Å². The number of fused-ring (bicyclic) bond motifs is 1. The predicted octanol–water partition coefficient (Wildman–Crippen LogP) is 1.05. The third kappa shape index (κ3) is 2.33. The summed E-state index contributed by atoms with van der Waals surface area (Å²) in [5.41, 5.74) is 1.62. The van der Waals surface area contributed by atoms with E-state index in [1.807, 2.05) is 19.9 Å². The maximum atomic E-state index is 8.89. The molecule has 0 fully saturated rings. The summed E-state index contributed by atoms with van der Waals surface area (Å²) in [6.07, 6.45) is 0. The Bertz CT molecular complexity index is 566. The zero-order valence-corrected chi connectivity index (χ0v) is 10.7. The Balaban J connectivity index is 2.67. The van der Waals surface area contributed by atoms with Gasteiger partial charge in [-0.1, -0.05) is 0 Å². The normalized spacial score (nSPS) is 10.7. The van der Waals surface area contributed by atoms with Crippen molar-refractivity contribution in [1.82, 2.24) is 15.0 Å². The summed E-state index contributed by atoms with van der Waals surface area (Å²) >= 11 is 0. The molecule has 6 heteroatoms. The van der Waals surface area contributed by atoms with Gasteiger partial charge in [0, 0.05) is 12.2 Å². The molecule has 2 rings (SSSR count). The van der Waals surface area contributed by atoms with E-state index < -0.39 is 0 Å². The molecule has 0 unspecified atom stereocenters. The third-order valence-corrected chi connectivity index (χ3v) is 2.48. The maximum absolute atomic E-state index is 8.89. The Kier molecular flexibility index (Phi) is 3.57. The van der Waals surface area contributed by atoms with Gasteiger partial charge in [-0.3, -0.25) is 0 Å². The van der Waals surface area contributed by atoms with Crippen molar-refractivity contribution >= 4 is 16.7 Å². The number of aryl methyl sites for hydroxylation is 2. The van der Waals surface area contributed by atoms with Crippen molar-refractivity contribution in [1.29, 1.82) is 0 Å². The van der Waals surface area contributed by atoms with Crippen LogP contribution in [0.25, 0.3) is 10.9 Å². The summed E-state index contributed by atoms with van der Waals surface area (Å²) in [6.45, 7) is 4.17. The summed E-state index contributed by atoms with van der Waals surface area (Å²) in [5.74, 6) is 1.79. The Morgan fingerprint density at radius 2 is 2.06 bits per heavy atom. The lowest BCUT2D eigenvalue weighted by Gasteiger charge is -2.11. The van der Waals surface area contributed by atoms with Gasteiger partial charge in [-0.15, -0.1) is 0 Å². The molecule has 2 aromatic heterocycles. The number of pyridine rings is 1. The zero-order chi connectivity index (χ0) is 13.1. The highest BCUT2D eigenvalue weighted by Gasteiger charge is 2.13. The first-order chi connectivity index (χ1) is 8.65. The molecule has 18 heavy (non-hydrogen) atoms. The van der Waals surface area contributed by atoms with E-state index in [0.29, 0.717) is 24.1 Å². The van der Waals surface area contributed by atoms with Gasteiger partial charge in [0.25, 0.3) is 0 Å². The lowest BCUT2D eigenvalue weighted by molar-refractivity contribution is 0.311. The molecule has 0 bridgehead atoms. The van der Waals surface area contributed by atoms with Gasteiger partial charge in [0.05, 0.1) is 19.2 Å². The van der Waals surface area contributed by atoms with Crippen molar-refractivity contribution in [3.63, 3.8) is 0 Å². The van der Waals surface area contributed by atoms with Crippen LogP contribution in [0.4, 0.5) is 5.82 Å². The molecule has 0 aliphatic carbocycles. The molecule has 96 valence electrons. The molecule has 0 saturated heterocycles. The topological polar surface area (TPSA) is 80.2 Å². The minimum Gasteiger partial charge on any atom is -0.480 e. The van der Waals surface area contributed by atoms with E-state index in [9.17, 15) is 0 Å². The number of anilines is 1. The monoisotopic (exact) mass is 248 g/mol. The number of hydrogen-bond donors (Lipinski definition) is 2. The number of nitrogens with zero attached hydrogens (tertiary/aromatic N) is 3. The average Bonchev–Trinajstić information content (AvgIpc) is 2.34. The third-order valence-electron chi connectivity index (χ3n) is 2.48. The number of aliphatic hydroxyl groups excluding tert-OH is 1. The average molecular weight is 248 g/mol. The number of aromatic nitrogens is 3. The first-order valence-electron chi connectivity index (χ1n) is 5.70. The summed E-state index contributed by atoms with van der Waals surface area (Å²) in [7, 11) is 1.57. The van der Waals surface area contributed by atoms with Crippen molar-refractivity contribution in [3.05, 3.63) is 17.6 Å². The van der Waals surface area contributed by atoms with Gasteiger partial charge in [-0.2, -0.15) is 0 Å². The Hall–Kier alpha value is -1.95. The minimum absolute atomic E-state index is 0.0339. The minimum atomic E-state index is 0.0339. The SMILES string of the molecule is COc1nc(C)cc2nc(C)nc(NCCO)c12. The molecule has 0 aromatic carbocycles. The Morgan fingerprint density at radius 1 is 1.28 bits per heavy atom. The largest absolute Gasteiger partial charge is 0.480 e. The van der Waals surface area contributed by atoms with E-state index in [2.05, 4.69) is 20.3 Å². The summed E-state index contributed by atoms with van der Waals surface area (Å²) < 4.78 is 5.28. The van der Waals surface area contributed by atoms with Crippen LogP contribution in [0.2, 0.25) is 0 Å². The fourth-order valence-corrected chi connectivity index (χ4v) is 1.81. The quantitative estimate of drug-likeness (QED) is 0.842. The van der Waals surface area contributed by atoms with Gasteiger partial charge in [0.15, 0.2) is 0 Å². The fraction of sp³-hybridized carbons (Fsp3) is 0.417. The van der Waals surface area contributed by atoms with Gasteiger partial charge < -0.3 is 15.2 Å². The van der Waals surface area contributed by atoms with E-state index >= 15 is 0 Å². The van der Waals surface area contributed by atoms with Crippen LogP contribution in [-0.2, 0) is 0 Å². The molecule has 0 spiro atoms. The molecule has 2 aromatic rings. The molecule has 0 aliphatic heterocycles. The summed E-state index contributed by atoms with van der Waals surface area (Å²) in [6, 6.07) is 1.89. The molecular formula is C12H16N4O2. The van der Waals surface area contributed by atoms with Crippen LogP contribution in [-0.4, -0.2) is 40.3 Å². The summed E-state index contributed by atoms with van der Waals surface area (Å²) in [4.78, 5) is 13.0. The summed E-state index contributed by atoms with van der Waals surface area (Å²) in [5, 5.41) is 12.7. The molecule has 2 heterocycles. The highest BCUT2D eigenvalue weighted by molar-refractivity contribution is 5.93.